The summed E-state index contributed by atoms with van der Waals surface area (Å²) in [5, 5.41) is 4.10. The van der Waals surface area contributed by atoms with E-state index in [0.29, 0.717) is 0 Å². The summed E-state index contributed by atoms with van der Waals surface area (Å²) >= 11 is 0. The highest BCUT2D eigenvalue weighted by Crippen LogP contribution is 2.32. The first-order valence-electron chi connectivity index (χ1n) is 6.73. The summed E-state index contributed by atoms with van der Waals surface area (Å²) in [6.45, 7) is 0. The SMILES string of the molecule is c1ccc2c(c1)nc1c3c(cccc32)CCCC1. The number of hydrogen-bond donors (Lipinski definition) is 0. The molecule has 1 nitrogen and oxygen atoms in total. The predicted octanol–water partition coefficient (Wildman–Crippen LogP) is 4.27. The molecule has 0 spiro atoms. The van der Waals surface area contributed by atoms with Gasteiger partial charge in [0.25, 0.3) is 0 Å². The molecule has 0 aliphatic heterocycles. The molecule has 0 N–H and O–H groups in total. The number of aromatic nitrogens is 1. The van der Waals surface area contributed by atoms with Gasteiger partial charge in [0.2, 0.25) is 0 Å². The minimum atomic E-state index is 1.12. The van der Waals surface area contributed by atoms with Crippen LogP contribution in [0.1, 0.15) is 24.1 Å². The van der Waals surface area contributed by atoms with E-state index in [1.807, 2.05) is 0 Å². The van der Waals surface area contributed by atoms with Gasteiger partial charge in [-0.1, -0.05) is 36.4 Å². The van der Waals surface area contributed by atoms with Crippen molar-refractivity contribution in [3.05, 3.63) is 53.7 Å². The number of pyridine rings is 1. The van der Waals surface area contributed by atoms with Crippen LogP contribution in [0.2, 0.25) is 0 Å². The van der Waals surface area contributed by atoms with Crippen molar-refractivity contribution in [2.75, 3.05) is 0 Å². The molecule has 3 aromatic rings. The fourth-order valence-corrected chi connectivity index (χ4v) is 3.16. The highest BCUT2D eigenvalue weighted by molar-refractivity contribution is 6.07. The zero-order chi connectivity index (χ0) is 11.9. The average Bonchev–Trinajstić information content (AvgIpc) is 2.63. The van der Waals surface area contributed by atoms with E-state index in [-0.39, 0.29) is 0 Å². The Kier molecular flexibility index (Phi) is 2.13. The molecule has 0 unspecified atom stereocenters. The molecule has 0 saturated heterocycles. The highest BCUT2D eigenvalue weighted by Gasteiger charge is 2.14. The van der Waals surface area contributed by atoms with Crippen LogP contribution >= 0.6 is 0 Å². The van der Waals surface area contributed by atoms with E-state index in [1.54, 1.807) is 0 Å². The third-order valence-corrected chi connectivity index (χ3v) is 4.00. The maximum Gasteiger partial charge on any atom is 0.0711 e. The maximum atomic E-state index is 4.89. The summed E-state index contributed by atoms with van der Waals surface area (Å²) in [6, 6.07) is 15.2. The van der Waals surface area contributed by atoms with E-state index < -0.39 is 0 Å². The molecule has 1 aliphatic carbocycles. The Balaban J connectivity index is 2.25. The van der Waals surface area contributed by atoms with Crippen molar-refractivity contribution < 1.29 is 0 Å². The van der Waals surface area contributed by atoms with Gasteiger partial charge in [0, 0.05) is 16.5 Å². The van der Waals surface area contributed by atoms with Crippen LogP contribution in [-0.2, 0) is 12.8 Å². The summed E-state index contributed by atoms with van der Waals surface area (Å²) in [7, 11) is 0. The number of benzene rings is 2. The Morgan fingerprint density at radius 3 is 2.61 bits per heavy atom. The van der Waals surface area contributed by atoms with Crippen LogP contribution in [0, 0.1) is 0 Å². The normalized spacial score (nSPS) is 14.9. The van der Waals surface area contributed by atoms with Gasteiger partial charge >= 0.3 is 0 Å². The van der Waals surface area contributed by atoms with Crippen molar-refractivity contribution in [2.24, 2.45) is 0 Å². The predicted molar refractivity (Wildman–Crippen MR) is 75.9 cm³/mol. The topological polar surface area (TPSA) is 12.9 Å². The van der Waals surface area contributed by atoms with Gasteiger partial charge in [-0.15, -0.1) is 0 Å². The molecular weight excluding hydrogens is 218 g/mol. The first kappa shape index (κ1) is 10.1. The van der Waals surface area contributed by atoms with Gasteiger partial charge in [-0.3, -0.25) is 4.98 Å². The fourth-order valence-electron chi connectivity index (χ4n) is 3.16. The van der Waals surface area contributed by atoms with Crippen molar-refractivity contribution in [1.29, 1.82) is 0 Å². The van der Waals surface area contributed by atoms with E-state index in [9.17, 15) is 0 Å². The Hall–Kier alpha value is -1.89. The largest absolute Gasteiger partial charge is 0.252 e. The number of nitrogens with zero attached hydrogens (tertiary/aromatic N) is 1. The Morgan fingerprint density at radius 1 is 0.778 bits per heavy atom. The Bertz CT molecular complexity index is 743. The molecule has 0 bridgehead atoms. The number of aryl methyl sites for hydroxylation is 2. The summed E-state index contributed by atoms with van der Waals surface area (Å²) in [5.41, 5.74) is 3.93. The second kappa shape index (κ2) is 3.81. The van der Waals surface area contributed by atoms with Gasteiger partial charge in [-0.2, -0.15) is 0 Å². The Labute approximate surface area is 106 Å². The quantitative estimate of drug-likeness (QED) is 0.528. The molecule has 2 aromatic carbocycles. The molecule has 1 aliphatic rings. The highest BCUT2D eigenvalue weighted by atomic mass is 14.7. The van der Waals surface area contributed by atoms with Crippen LogP contribution in [0.5, 0.6) is 0 Å². The van der Waals surface area contributed by atoms with E-state index in [1.165, 1.54) is 46.7 Å². The maximum absolute atomic E-state index is 4.89. The summed E-state index contributed by atoms with van der Waals surface area (Å²) in [4.78, 5) is 4.89. The molecule has 0 saturated carbocycles. The van der Waals surface area contributed by atoms with Crippen molar-refractivity contribution >= 4 is 21.7 Å². The summed E-state index contributed by atoms with van der Waals surface area (Å²) in [5.74, 6) is 0. The minimum absolute atomic E-state index is 1.12. The lowest BCUT2D eigenvalue weighted by atomic mass is 9.98. The van der Waals surface area contributed by atoms with Crippen LogP contribution in [0.25, 0.3) is 21.7 Å². The zero-order valence-corrected chi connectivity index (χ0v) is 10.3. The number of rotatable bonds is 0. The molecule has 18 heavy (non-hydrogen) atoms. The van der Waals surface area contributed by atoms with Crippen molar-refractivity contribution in [3.8, 4) is 0 Å². The standard InChI is InChI=1S/C17H15N/c1-3-11-16-17-12(6-1)7-5-9-14(17)13-8-2-4-10-15(13)18-16/h2,4-5,7-10H,1,3,6,11H2. The van der Waals surface area contributed by atoms with Gasteiger partial charge in [0.05, 0.1) is 5.52 Å². The lowest BCUT2D eigenvalue weighted by Gasteiger charge is -2.10. The van der Waals surface area contributed by atoms with Crippen LogP contribution in [0.15, 0.2) is 42.5 Å². The lowest BCUT2D eigenvalue weighted by molar-refractivity contribution is 0.745. The number of para-hydroxylation sites is 1. The molecule has 0 radical (unpaired) electrons. The first-order valence-corrected chi connectivity index (χ1v) is 6.73. The summed E-state index contributed by atoms with van der Waals surface area (Å²) in [6.07, 6.45) is 4.86. The van der Waals surface area contributed by atoms with E-state index in [4.69, 9.17) is 4.98 Å². The van der Waals surface area contributed by atoms with Crippen LogP contribution in [0.3, 0.4) is 0 Å². The third kappa shape index (κ3) is 1.37. The second-order valence-corrected chi connectivity index (χ2v) is 5.12. The molecule has 0 fully saturated rings. The molecule has 1 heteroatoms. The average molecular weight is 233 g/mol. The van der Waals surface area contributed by atoms with E-state index in [2.05, 4.69) is 42.5 Å². The fraction of sp³-hybridized carbons (Fsp3) is 0.235. The monoisotopic (exact) mass is 233 g/mol. The molecule has 4 rings (SSSR count). The molecule has 0 atom stereocenters. The second-order valence-electron chi connectivity index (χ2n) is 5.12. The number of hydrogen-bond acceptors (Lipinski definition) is 1. The molecule has 88 valence electrons. The van der Waals surface area contributed by atoms with Gasteiger partial charge in [0.1, 0.15) is 0 Å². The molecule has 0 amide bonds. The van der Waals surface area contributed by atoms with Crippen molar-refractivity contribution in [1.82, 2.24) is 4.98 Å². The van der Waals surface area contributed by atoms with Crippen LogP contribution in [0.4, 0.5) is 0 Å². The smallest absolute Gasteiger partial charge is 0.0711 e. The van der Waals surface area contributed by atoms with E-state index in [0.717, 1.165) is 11.9 Å². The van der Waals surface area contributed by atoms with Gasteiger partial charge < -0.3 is 0 Å². The third-order valence-electron chi connectivity index (χ3n) is 4.00. The summed E-state index contributed by atoms with van der Waals surface area (Å²) < 4.78 is 0. The zero-order valence-electron chi connectivity index (χ0n) is 10.3. The molecular formula is C17H15N. The first-order chi connectivity index (χ1) is 8.93. The van der Waals surface area contributed by atoms with Crippen LogP contribution < -0.4 is 0 Å². The lowest BCUT2D eigenvalue weighted by Crippen LogP contribution is -1.93. The van der Waals surface area contributed by atoms with Gasteiger partial charge in [0.15, 0.2) is 0 Å². The van der Waals surface area contributed by atoms with Crippen molar-refractivity contribution in [2.45, 2.75) is 25.7 Å². The molecule has 1 aromatic heterocycles. The Morgan fingerprint density at radius 2 is 1.61 bits per heavy atom. The van der Waals surface area contributed by atoms with Crippen LogP contribution in [-0.4, -0.2) is 4.98 Å². The molecule has 1 heterocycles. The van der Waals surface area contributed by atoms with Gasteiger partial charge in [-0.05, 0) is 42.7 Å². The van der Waals surface area contributed by atoms with E-state index >= 15 is 0 Å². The minimum Gasteiger partial charge on any atom is -0.252 e. The van der Waals surface area contributed by atoms with Crippen molar-refractivity contribution in [3.63, 3.8) is 0 Å². The van der Waals surface area contributed by atoms with Gasteiger partial charge in [-0.25, -0.2) is 0 Å². The number of fused-ring (bicyclic) bond motifs is 2.